The summed E-state index contributed by atoms with van der Waals surface area (Å²) in [6, 6.07) is 7.68. The van der Waals surface area contributed by atoms with Crippen molar-refractivity contribution in [2.45, 2.75) is 32.1 Å². The van der Waals surface area contributed by atoms with Crippen molar-refractivity contribution in [3.05, 3.63) is 29.8 Å². The minimum atomic E-state index is 0.0673. The van der Waals surface area contributed by atoms with Gasteiger partial charge in [-0.2, -0.15) is 0 Å². The average Bonchev–Trinajstić information content (AvgIpc) is 2.58. The molecule has 1 saturated heterocycles. The summed E-state index contributed by atoms with van der Waals surface area (Å²) in [5.41, 5.74) is 7.65. The molecule has 128 valence electrons. The van der Waals surface area contributed by atoms with E-state index in [4.69, 9.17) is 15.2 Å². The third kappa shape index (κ3) is 7.01. The van der Waals surface area contributed by atoms with Crippen LogP contribution in [0.15, 0.2) is 24.3 Å². The van der Waals surface area contributed by atoms with Gasteiger partial charge in [-0.1, -0.05) is 18.2 Å². The van der Waals surface area contributed by atoms with Crippen molar-refractivity contribution in [3.8, 4) is 0 Å². The van der Waals surface area contributed by atoms with Crippen molar-refractivity contribution in [2.75, 3.05) is 38.7 Å². The SMILES string of the molecule is Nc1ccccc1CCC(=O)NCCCOCC1CCOCC1. The van der Waals surface area contributed by atoms with Gasteiger partial charge in [0, 0.05) is 45.1 Å². The number of benzene rings is 1. The first-order valence-corrected chi connectivity index (χ1v) is 8.51. The van der Waals surface area contributed by atoms with Crippen LogP contribution in [0.4, 0.5) is 5.69 Å². The Morgan fingerprint density at radius 2 is 2.09 bits per heavy atom. The molecule has 1 fully saturated rings. The largest absolute Gasteiger partial charge is 0.399 e. The first kappa shape index (κ1) is 17.8. The number of carbonyl (C=O) groups is 1. The second kappa shape index (κ2) is 10.2. The molecule has 1 aromatic rings. The fourth-order valence-electron chi connectivity index (χ4n) is 2.66. The van der Waals surface area contributed by atoms with E-state index < -0.39 is 0 Å². The van der Waals surface area contributed by atoms with E-state index in [2.05, 4.69) is 5.32 Å². The molecule has 0 atom stereocenters. The van der Waals surface area contributed by atoms with Crippen molar-refractivity contribution in [2.24, 2.45) is 5.92 Å². The van der Waals surface area contributed by atoms with Gasteiger partial charge in [-0.15, -0.1) is 0 Å². The van der Waals surface area contributed by atoms with Gasteiger partial charge < -0.3 is 20.5 Å². The summed E-state index contributed by atoms with van der Waals surface area (Å²) in [6.07, 6.45) is 4.19. The van der Waals surface area contributed by atoms with Gasteiger partial charge in [0.1, 0.15) is 0 Å². The van der Waals surface area contributed by atoms with Gasteiger partial charge >= 0.3 is 0 Å². The van der Waals surface area contributed by atoms with E-state index in [1.54, 1.807) is 0 Å². The number of anilines is 1. The highest BCUT2D eigenvalue weighted by Crippen LogP contribution is 2.14. The Bertz CT molecular complexity index is 473. The van der Waals surface area contributed by atoms with Gasteiger partial charge in [-0.25, -0.2) is 0 Å². The summed E-state index contributed by atoms with van der Waals surface area (Å²) < 4.78 is 11.0. The Labute approximate surface area is 138 Å². The molecular weight excluding hydrogens is 292 g/mol. The van der Waals surface area contributed by atoms with Crippen molar-refractivity contribution in [3.63, 3.8) is 0 Å². The molecule has 0 radical (unpaired) electrons. The Morgan fingerprint density at radius 1 is 1.30 bits per heavy atom. The lowest BCUT2D eigenvalue weighted by atomic mass is 10.0. The number of ether oxygens (including phenoxy) is 2. The molecule has 5 nitrogen and oxygen atoms in total. The van der Waals surface area contributed by atoms with Gasteiger partial charge in [-0.05, 0) is 43.2 Å². The molecule has 0 aromatic heterocycles. The van der Waals surface area contributed by atoms with Crippen LogP contribution in [0.3, 0.4) is 0 Å². The Kier molecular flexibility index (Phi) is 7.90. The number of nitrogen functional groups attached to an aromatic ring is 1. The summed E-state index contributed by atoms with van der Waals surface area (Å²) in [5, 5.41) is 2.93. The molecular formula is C18H28N2O3. The smallest absolute Gasteiger partial charge is 0.220 e. The van der Waals surface area contributed by atoms with Crippen LogP contribution in [-0.4, -0.2) is 38.9 Å². The predicted molar refractivity (Wildman–Crippen MR) is 91.2 cm³/mol. The van der Waals surface area contributed by atoms with E-state index in [9.17, 15) is 4.79 Å². The standard InChI is InChI=1S/C18H28N2O3/c19-17-5-2-1-4-16(17)6-7-18(21)20-10-3-11-23-14-15-8-12-22-13-9-15/h1-2,4-5,15H,3,6-14,19H2,(H,20,21). The topological polar surface area (TPSA) is 73.6 Å². The number of rotatable bonds is 9. The van der Waals surface area contributed by atoms with Gasteiger partial charge in [0.25, 0.3) is 0 Å². The zero-order chi connectivity index (χ0) is 16.3. The molecule has 0 saturated carbocycles. The van der Waals surface area contributed by atoms with Crippen molar-refractivity contribution < 1.29 is 14.3 Å². The molecule has 1 aliphatic heterocycles. The van der Waals surface area contributed by atoms with Gasteiger partial charge in [0.2, 0.25) is 5.91 Å². The number of amides is 1. The quantitative estimate of drug-likeness (QED) is 0.540. The number of nitrogens with one attached hydrogen (secondary N) is 1. The maximum absolute atomic E-state index is 11.8. The number of carbonyl (C=O) groups excluding carboxylic acids is 1. The summed E-state index contributed by atoms with van der Waals surface area (Å²) in [5.74, 6) is 0.701. The van der Waals surface area contributed by atoms with Gasteiger partial charge in [0.05, 0.1) is 0 Å². The Hall–Kier alpha value is -1.59. The maximum Gasteiger partial charge on any atom is 0.220 e. The van der Waals surface area contributed by atoms with E-state index >= 15 is 0 Å². The zero-order valence-electron chi connectivity index (χ0n) is 13.8. The number of para-hydroxylation sites is 1. The van der Waals surface area contributed by atoms with E-state index in [0.29, 0.717) is 31.9 Å². The fourth-order valence-corrected chi connectivity index (χ4v) is 2.66. The van der Waals surface area contributed by atoms with Crippen LogP contribution in [0.1, 0.15) is 31.2 Å². The second-order valence-electron chi connectivity index (χ2n) is 6.03. The van der Waals surface area contributed by atoms with E-state index in [-0.39, 0.29) is 5.91 Å². The Balaban J connectivity index is 1.47. The molecule has 0 unspecified atom stereocenters. The predicted octanol–water partition coefficient (Wildman–Crippen LogP) is 2.15. The first-order chi connectivity index (χ1) is 11.3. The highest BCUT2D eigenvalue weighted by Gasteiger charge is 2.13. The first-order valence-electron chi connectivity index (χ1n) is 8.51. The lowest BCUT2D eigenvalue weighted by molar-refractivity contribution is -0.121. The van der Waals surface area contributed by atoms with Crippen LogP contribution in [0.25, 0.3) is 0 Å². The lowest BCUT2D eigenvalue weighted by Gasteiger charge is -2.21. The zero-order valence-corrected chi connectivity index (χ0v) is 13.8. The molecule has 1 aliphatic rings. The van der Waals surface area contributed by atoms with E-state index in [1.807, 2.05) is 24.3 Å². The molecule has 5 heteroatoms. The molecule has 3 N–H and O–H groups in total. The maximum atomic E-state index is 11.8. The minimum absolute atomic E-state index is 0.0673. The van der Waals surface area contributed by atoms with Crippen LogP contribution in [0, 0.1) is 5.92 Å². The summed E-state index contributed by atoms with van der Waals surface area (Å²) >= 11 is 0. The number of nitrogens with two attached hydrogens (primary N) is 1. The van der Waals surface area contributed by atoms with Gasteiger partial charge in [0.15, 0.2) is 0 Å². The Morgan fingerprint density at radius 3 is 2.87 bits per heavy atom. The monoisotopic (exact) mass is 320 g/mol. The molecule has 23 heavy (non-hydrogen) atoms. The molecule has 1 aromatic carbocycles. The third-order valence-corrected chi connectivity index (χ3v) is 4.16. The molecule has 1 amide bonds. The summed E-state index contributed by atoms with van der Waals surface area (Å²) in [4.78, 5) is 11.8. The lowest BCUT2D eigenvalue weighted by Crippen LogP contribution is -2.26. The third-order valence-electron chi connectivity index (χ3n) is 4.16. The van der Waals surface area contributed by atoms with Crippen LogP contribution in [0.2, 0.25) is 0 Å². The number of hydrogen-bond acceptors (Lipinski definition) is 4. The molecule has 0 spiro atoms. The minimum Gasteiger partial charge on any atom is -0.399 e. The normalized spacial score (nSPS) is 15.5. The number of hydrogen-bond donors (Lipinski definition) is 2. The van der Waals surface area contributed by atoms with Crippen LogP contribution in [-0.2, 0) is 20.7 Å². The van der Waals surface area contributed by atoms with Crippen LogP contribution >= 0.6 is 0 Å². The number of aryl methyl sites for hydroxylation is 1. The van der Waals surface area contributed by atoms with Crippen molar-refractivity contribution in [1.29, 1.82) is 0 Å². The summed E-state index contributed by atoms with van der Waals surface area (Å²) in [6.45, 7) is 3.89. The average molecular weight is 320 g/mol. The van der Waals surface area contributed by atoms with E-state index in [1.165, 1.54) is 0 Å². The van der Waals surface area contributed by atoms with Gasteiger partial charge in [-0.3, -0.25) is 4.79 Å². The van der Waals surface area contributed by atoms with Crippen molar-refractivity contribution in [1.82, 2.24) is 5.32 Å². The highest BCUT2D eigenvalue weighted by atomic mass is 16.5. The molecule has 0 bridgehead atoms. The second-order valence-corrected chi connectivity index (χ2v) is 6.03. The highest BCUT2D eigenvalue weighted by molar-refractivity contribution is 5.76. The van der Waals surface area contributed by atoms with E-state index in [0.717, 1.165) is 50.3 Å². The molecule has 0 aliphatic carbocycles. The van der Waals surface area contributed by atoms with Crippen LogP contribution in [0.5, 0.6) is 0 Å². The molecule has 1 heterocycles. The van der Waals surface area contributed by atoms with Crippen molar-refractivity contribution >= 4 is 11.6 Å². The fraction of sp³-hybridized carbons (Fsp3) is 0.611. The summed E-state index contributed by atoms with van der Waals surface area (Å²) in [7, 11) is 0. The van der Waals surface area contributed by atoms with Crippen LogP contribution < -0.4 is 11.1 Å². The molecule has 2 rings (SSSR count).